The van der Waals surface area contributed by atoms with Crippen molar-refractivity contribution < 1.29 is 5.11 Å². The normalized spacial score (nSPS) is 24.7. The molecule has 0 fully saturated rings. The van der Waals surface area contributed by atoms with E-state index in [2.05, 4.69) is 52.0 Å². The molecular weight excluding hydrogens is 232 g/mol. The number of aliphatic hydroxyl groups is 1. The van der Waals surface area contributed by atoms with E-state index in [0.29, 0.717) is 5.92 Å². The van der Waals surface area contributed by atoms with Crippen molar-refractivity contribution in [2.24, 2.45) is 11.3 Å². The van der Waals surface area contributed by atoms with Gasteiger partial charge >= 0.3 is 0 Å². The molecule has 19 heavy (non-hydrogen) atoms. The molecule has 1 aliphatic carbocycles. The molecule has 1 atom stereocenters. The molecule has 0 aliphatic heterocycles. The maximum atomic E-state index is 11.6. The van der Waals surface area contributed by atoms with Crippen LogP contribution in [0.2, 0.25) is 0 Å². The fourth-order valence-corrected chi connectivity index (χ4v) is 4.05. The highest BCUT2D eigenvalue weighted by Gasteiger charge is 2.54. The third-order valence-electron chi connectivity index (χ3n) is 4.96. The summed E-state index contributed by atoms with van der Waals surface area (Å²) >= 11 is 0. The summed E-state index contributed by atoms with van der Waals surface area (Å²) in [4.78, 5) is 0. The molecule has 1 heteroatoms. The van der Waals surface area contributed by atoms with Crippen molar-refractivity contribution >= 4 is 0 Å². The number of rotatable bonds is 5. The smallest absolute Gasteiger partial charge is 0.0980 e. The molecule has 0 bridgehead atoms. The minimum atomic E-state index is -0.657. The molecule has 0 spiro atoms. The van der Waals surface area contributed by atoms with Crippen LogP contribution in [0.15, 0.2) is 24.3 Å². The lowest BCUT2D eigenvalue weighted by Crippen LogP contribution is -2.45. The van der Waals surface area contributed by atoms with Crippen molar-refractivity contribution in [1.82, 2.24) is 0 Å². The minimum absolute atomic E-state index is 0.0638. The van der Waals surface area contributed by atoms with Gasteiger partial charge in [-0.1, -0.05) is 64.8 Å². The Hall–Kier alpha value is -0.820. The predicted molar refractivity (Wildman–Crippen MR) is 81.1 cm³/mol. The topological polar surface area (TPSA) is 20.2 Å². The van der Waals surface area contributed by atoms with Crippen LogP contribution in [0.5, 0.6) is 0 Å². The van der Waals surface area contributed by atoms with Crippen LogP contribution in [0.1, 0.15) is 64.5 Å². The highest BCUT2D eigenvalue weighted by molar-refractivity contribution is 5.41. The van der Waals surface area contributed by atoms with E-state index in [1.807, 2.05) is 0 Å². The molecule has 1 N–H and O–H groups in total. The molecule has 1 aliphatic rings. The zero-order valence-electron chi connectivity index (χ0n) is 12.9. The van der Waals surface area contributed by atoms with E-state index in [1.165, 1.54) is 11.1 Å². The van der Waals surface area contributed by atoms with Gasteiger partial charge in [-0.15, -0.1) is 0 Å². The fourth-order valence-electron chi connectivity index (χ4n) is 4.05. The summed E-state index contributed by atoms with van der Waals surface area (Å²) < 4.78 is 0. The molecule has 106 valence electrons. The second-order valence-corrected chi connectivity index (χ2v) is 6.76. The van der Waals surface area contributed by atoms with Gasteiger partial charge < -0.3 is 5.11 Å². The van der Waals surface area contributed by atoms with Gasteiger partial charge in [0.05, 0.1) is 5.60 Å². The summed E-state index contributed by atoms with van der Waals surface area (Å²) in [5.41, 5.74) is 1.81. The van der Waals surface area contributed by atoms with Crippen molar-refractivity contribution in [1.29, 1.82) is 0 Å². The Morgan fingerprint density at radius 3 is 2.26 bits per heavy atom. The van der Waals surface area contributed by atoms with Crippen molar-refractivity contribution in [2.75, 3.05) is 0 Å². The molecule has 0 saturated heterocycles. The SMILES string of the molecule is CCCC(CCC)C1(O)c2ccccc2CC1(C)C. The van der Waals surface area contributed by atoms with Gasteiger partial charge in [-0.05, 0) is 36.3 Å². The van der Waals surface area contributed by atoms with E-state index in [4.69, 9.17) is 0 Å². The molecule has 1 aromatic rings. The van der Waals surface area contributed by atoms with E-state index < -0.39 is 5.60 Å². The van der Waals surface area contributed by atoms with E-state index in [9.17, 15) is 5.11 Å². The second kappa shape index (κ2) is 5.28. The molecular formula is C18H28O. The maximum Gasteiger partial charge on any atom is 0.0980 e. The van der Waals surface area contributed by atoms with Crippen LogP contribution < -0.4 is 0 Å². The first kappa shape index (κ1) is 14.6. The van der Waals surface area contributed by atoms with Crippen molar-refractivity contribution in [3.8, 4) is 0 Å². The molecule has 1 unspecified atom stereocenters. The molecule has 0 radical (unpaired) electrons. The molecule has 0 saturated carbocycles. The Kier molecular flexibility index (Phi) is 4.06. The highest BCUT2D eigenvalue weighted by atomic mass is 16.3. The van der Waals surface area contributed by atoms with Gasteiger partial charge in [0.25, 0.3) is 0 Å². The quantitative estimate of drug-likeness (QED) is 0.815. The number of fused-ring (bicyclic) bond motifs is 1. The van der Waals surface area contributed by atoms with Crippen LogP contribution >= 0.6 is 0 Å². The third kappa shape index (κ3) is 2.23. The average molecular weight is 260 g/mol. The first-order chi connectivity index (χ1) is 8.97. The predicted octanol–water partition coefficient (Wildman–Crippen LogP) is 4.67. The van der Waals surface area contributed by atoms with E-state index in [1.54, 1.807) is 0 Å². The standard InChI is InChI=1S/C18H28O/c1-5-9-15(10-6-2)18(19)16-12-8-7-11-14(16)13-17(18,3)4/h7-8,11-12,15,19H,5-6,9-10,13H2,1-4H3. The molecule has 0 aromatic heterocycles. The average Bonchev–Trinajstić information content (AvgIpc) is 2.58. The molecule has 1 nitrogen and oxygen atoms in total. The first-order valence-corrected chi connectivity index (χ1v) is 7.78. The van der Waals surface area contributed by atoms with Gasteiger partial charge in [-0.2, -0.15) is 0 Å². The van der Waals surface area contributed by atoms with Gasteiger partial charge in [0.15, 0.2) is 0 Å². The molecule has 0 amide bonds. The Morgan fingerprint density at radius 2 is 1.68 bits per heavy atom. The third-order valence-corrected chi connectivity index (χ3v) is 4.96. The summed E-state index contributed by atoms with van der Waals surface area (Å²) in [5.74, 6) is 0.376. The van der Waals surface area contributed by atoms with E-state index >= 15 is 0 Å². The number of hydrogen-bond donors (Lipinski definition) is 1. The number of benzene rings is 1. The highest BCUT2D eigenvalue weighted by Crippen LogP contribution is 2.55. The molecule has 1 aromatic carbocycles. The maximum absolute atomic E-state index is 11.6. The lowest BCUT2D eigenvalue weighted by Gasteiger charge is -2.44. The lowest BCUT2D eigenvalue weighted by molar-refractivity contribution is -0.113. The number of hydrogen-bond acceptors (Lipinski definition) is 1. The summed E-state index contributed by atoms with van der Waals surface area (Å²) in [6, 6.07) is 8.49. The van der Waals surface area contributed by atoms with Gasteiger partial charge in [0, 0.05) is 5.41 Å². The molecule has 2 rings (SSSR count). The Morgan fingerprint density at radius 1 is 1.11 bits per heavy atom. The van der Waals surface area contributed by atoms with Crippen LogP contribution in [0, 0.1) is 11.3 Å². The van der Waals surface area contributed by atoms with Crippen LogP contribution in [0.3, 0.4) is 0 Å². The van der Waals surface area contributed by atoms with Crippen molar-refractivity contribution in [3.05, 3.63) is 35.4 Å². The second-order valence-electron chi connectivity index (χ2n) is 6.76. The van der Waals surface area contributed by atoms with Gasteiger partial charge in [0.1, 0.15) is 0 Å². The van der Waals surface area contributed by atoms with Crippen molar-refractivity contribution in [3.63, 3.8) is 0 Å². The summed E-state index contributed by atoms with van der Waals surface area (Å²) in [7, 11) is 0. The Bertz CT molecular complexity index is 429. The zero-order valence-corrected chi connectivity index (χ0v) is 12.9. The summed E-state index contributed by atoms with van der Waals surface area (Å²) in [5, 5.41) is 11.6. The van der Waals surface area contributed by atoms with Gasteiger partial charge in [0.2, 0.25) is 0 Å². The van der Waals surface area contributed by atoms with Crippen LogP contribution in [-0.4, -0.2) is 5.11 Å². The van der Waals surface area contributed by atoms with E-state index in [-0.39, 0.29) is 5.41 Å². The molecule has 0 heterocycles. The van der Waals surface area contributed by atoms with Crippen molar-refractivity contribution in [2.45, 2.75) is 65.4 Å². The van der Waals surface area contributed by atoms with Crippen LogP contribution in [0.25, 0.3) is 0 Å². The van der Waals surface area contributed by atoms with E-state index in [0.717, 1.165) is 32.1 Å². The first-order valence-electron chi connectivity index (χ1n) is 7.78. The van der Waals surface area contributed by atoms with Gasteiger partial charge in [-0.25, -0.2) is 0 Å². The summed E-state index contributed by atoms with van der Waals surface area (Å²) in [6.45, 7) is 8.90. The summed E-state index contributed by atoms with van der Waals surface area (Å²) in [6.07, 6.45) is 5.50. The Balaban J connectivity index is 2.48. The fraction of sp³-hybridized carbons (Fsp3) is 0.667. The zero-order chi connectivity index (χ0) is 14.1. The lowest BCUT2D eigenvalue weighted by atomic mass is 9.65. The largest absolute Gasteiger partial charge is 0.384 e. The minimum Gasteiger partial charge on any atom is -0.384 e. The monoisotopic (exact) mass is 260 g/mol. The van der Waals surface area contributed by atoms with Crippen LogP contribution in [-0.2, 0) is 12.0 Å². The van der Waals surface area contributed by atoms with Crippen LogP contribution in [0.4, 0.5) is 0 Å². The Labute approximate surface area is 118 Å². The van der Waals surface area contributed by atoms with Gasteiger partial charge in [-0.3, -0.25) is 0 Å².